The predicted molar refractivity (Wildman–Crippen MR) is 85.9 cm³/mol. The highest BCUT2D eigenvalue weighted by Crippen LogP contribution is 2.29. The highest BCUT2D eigenvalue weighted by atomic mass is 16.3. The lowest BCUT2D eigenvalue weighted by atomic mass is 9.93. The molecule has 0 fully saturated rings. The largest absolute Gasteiger partial charge is 0.464 e. The van der Waals surface area contributed by atoms with Crippen molar-refractivity contribution in [2.75, 3.05) is 0 Å². The molecule has 0 saturated carbocycles. The van der Waals surface area contributed by atoms with E-state index in [4.69, 9.17) is 10.3 Å². The number of rotatable bonds is 4. The van der Waals surface area contributed by atoms with E-state index >= 15 is 0 Å². The molecule has 0 saturated heterocycles. The van der Waals surface area contributed by atoms with Gasteiger partial charge < -0.3 is 4.42 Å². The molecule has 3 heteroatoms. The molecule has 1 heterocycles. The molecule has 21 heavy (non-hydrogen) atoms. The summed E-state index contributed by atoms with van der Waals surface area (Å²) in [5.41, 5.74) is 8.87. The van der Waals surface area contributed by atoms with Crippen LogP contribution in [-0.4, -0.2) is 0 Å². The summed E-state index contributed by atoms with van der Waals surface area (Å²) >= 11 is 0. The van der Waals surface area contributed by atoms with Gasteiger partial charge in [0, 0.05) is 10.9 Å². The second kappa shape index (κ2) is 5.72. The van der Waals surface area contributed by atoms with Gasteiger partial charge in [0.2, 0.25) is 0 Å². The lowest BCUT2D eigenvalue weighted by Crippen LogP contribution is -2.29. The minimum Gasteiger partial charge on any atom is -0.464 e. The Morgan fingerprint density at radius 1 is 1.05 bits per heavy atom. The Morgan fingerprint density at radius 2 is 1.76 bits per heavy atom. The normalized spacial score (nSPS) is 12.7. The van der Waals surface area contributed by atoms with Crippen molar-refractivity contribution in [3.63, 3.8) is 0 Å². The van der Waals surface area contributed by atoms with Crippen LogP contribution in [0.1, 0.15) is 28.3 Å². The van der Waals surface area contributed by atoms with Crippen LogP contribution in [0.15, 0.2) is 53.1 Å². The minimum absolute atomic E-state index is 0.0356. The Balaban J connectivity index is 1.99. The van der Waals surface area contributed by atoms with E-state index < -0.39 is 0 Å². The van der Waals surface area contributed by atoms with Crippen LogP contribution in [0.5, 0.6) is 0 Å². The Labute approximate surface area is 124 Å². The maximum Gasteiger partial charge on any atom is 0.134 e. The maximum absolute atomic E-state index is 5.81. The van der Waals surface area contributed by atoms with Gasteiger partial charge in [0.1, 0.15) is 5.58 Å². The van der Waals surface area contributed by atoms with Gasteiger partial charge in [-0.05, 0) is 43.0 Å². The number of hydrogen-bond acceptors (Lipinski definition) is 3. The number of hydrazine groups is 1. The quantitative estimate of drug-likeness (QED) is 0.564. The second-order valence-electron chi connectivity index (χ2n) is 5.48. The molecule has 0 aliphatic heterocycles. The predicted octanol–water partition coefficient (Wildman–Crippen LogP) is 3.80. The zero-order chi connectivity index (χ0) is 14.8. The lowest BCUT2D eigenvalue weighted by Gasteiger charge is -2.18. The molecule has 0 amide bonds. The number of furan rings is 1. The molecule has 108 valence electrons. The van der Waals surface area contributed by atoms with Gasteiger partial charge in [0.05, 0.1) is 12.3 Å². The van der Waals surface area contributed by atoms with E-state index in [1.165, 1.54) is 16.7 Å². The first-order valence-electron chi connectivity index (χ1n) is 7.18. The molecule has 3 aromatic rings. The van der Waals surface area contributed by atoms with Gasteiger partial charge in [0.25, 0.3) is 0 Å². The van der Waals surface area contributed by atoms with E-state index in [1.54, 1.807) is 0 Å². The van der Waals surface area contributed by atoms with Crippen molar-refractivity contribution in [2.45, 2.75) is 26.3 Å². The first-order valence-corrected chi connectivity index (χ1v) is 7.18. The van der Waals surface area contributed by atoms with Gasteiger partial charge in [-0.3, -0.25) is 11.3 Å². The molecule has 2 aromatic carbocycles. The standard InChI is InChI=1S/C18H20N2O/c1-12-6-5-7-13(2)15(12)10-17(20-19)16-11-21-18-9-4-3-8-14(16)18/h3-9,11,17,20H,10,19H2,1-2H3. The van der Waals surface area contributed by atoms with Gasteiger partial charge in [-0.15, -0.1) is 0 Å². The first kappa shape index (κ1) is 13.9. The first-order chi connectivity index (χ1) is 10.2. The van der Waals surface area contributed by atoms with E-state index in [2.05, 4.69) is 43.5 Å². The summed E-state index contributed by atoms with van der Waals surface area (Å²) in [6, 6.07) is 14.5. The van der Waals surface area contributed by atoms with Gasteiger partial charge in [-0.25, -0.2) is 0 Å². The summed E-state index contributed by atoms with van der Waals surface area (Å²) in [4.78, 5) is 0. The van der Waals surface area contributed by atoms with Crippen molar-refractivity contribution in [2.24, 2.45) is 5.84 Å². The molecule has 0 aliphatic carbocycles. The molecule has 0 aliphatic rings. The van der Waals surface area contributed by atoms with Crippen molar-refractivity contribution in [3.8, 4) is 0 Å². The molecule has 1 atom stereocenters. The second-order valence-corrected chi connectivity index (χ2v) is 5.48. The van der Waals surface area contributed by atoms with E-state index in [-0.39, 0.29) is 6.04 Å². The summed E-state index contributed by atoms with van der Waals surface area (Å²) in [7, 11) is 0. The maximum atomic E-state index is 5.81. The highest BCUT2D eigenvalue weighted by molar-refractivity contribution is 5.81. The highest BCUT2D eigenvalue weighted by Gasteiger charge is 2.18. The van der Waals surface area contributed by atoms with Crippen LogP contribution in [-0.2, 0) is 6.42 Å². The van der Waals surface area contributed by atoms with Crippen molar-refractivity contribution >= 4 is 11.0 Å². The van der Waals surface area contributed by atoms with Crippen LogP contribution in [0.4, 0.5) is 0 Å². The average Bonchev–Trinajstić information content (AvgIpc) is 2.91. The van der Waals surface area contributed by atoms with Gasteiger partial charge in [-0.1, -0.05) is 36.4 Å². The number of hydrogen-bond donors (Lipinski definition) is 2. The third kappa shape index (κ3) is 2.58. The molecular formula is C18H20N2O. The molecule has 0 bridgehead atoms. The number of fused-ring (bicyclic) bond motifs is 1. The number of para-hydroxylation sites is 1. The lowest BCUT2D eigenvalue weighted by molar-refractivity contribution is 0.535. The van der Waals surface area contributed by atoms with Crippen molar-refractivity contribution in [3.05, 3.63) is 71.0 Å². The third-order valence-electron chi connectivity index (χ3n) is 4.14. The number of aryl methyl sites for hydroxylation is 2. The Kier molecular flexibility index (Phi) is 3.78. The average molecular weight is 280 g/mol. The number of nitrogens with one attached hydrogen (secondary N) is 1. The minimum atomic E-state index is 0.0356. The Morgan fingerprint density at radius 3 is 2.48 bits per heavy atom. The molecule has 1 aromatic heterocycles. The van der Waals surface area contributed by atoms with Crippen LogP contribution in [0.3, 0.4) is 0 Å². The number of benzene rings is 2. The summed E-state index contributed by atoms with van der Waals surface area (Å²) in [5, 5.41) is 1.12. The molecular weight excluding hydrogens is 260 g/mol. The van der Waals surface area contributed by atoms with E-state index in [1.807, 2.05) is 24.5 Å². The van der Waals surface area contributed by atoms with Crippen LogP contribution in [0.2, 0.25) is 0 Å². The summed E-state index contributed by atoms with van der Waals surface area (Å²) in [6.07, 6.45) is 2.65. The fraction of sp³-hybridized carbons (Fsp3) is 0.222. The molecule has 3 N–H and O–H groups in total. The fourth-order valence-electron chi connectivity index (χ4n) is 2.90. The van der Waals surface area contributed by atoms with Crippen LogP contribution in [0.25, 0.3) is 11.0 Å². The van der Waals surface area contributed by atoms with Gasteiger partial charge in [0.15, 0.2) is 0 Å². The molecule has 3 rings (SSSR count). The molecule has 0 spiro atoms. The summed E-state index contributed by atoms with van der Waals surface area (Å²) in [6.45, 7) is 4.28. The smallest absolute Gasteiger partial charge is 0.134 e. The summed E-state index contributed by atoms with van der Waals surface area (Å²) in [5.74, 6) is 5.81. The van der Waals surface area contributed by atoms with E-state index in [0.29, 0.717) is 0 Å². The molecule has 1 unspecified atom stereocenters. The van der Waals surface area contributed by atoms with Crippen molar-refractivity contribution in [1.82, 2.24) is 5.43 Å². The zero-order valence-electron chi connectivity index (χ0n) is 12.4. The van der Waals surface area contributed by atoms with Crippen LogP contribution >= 0.6 is 0 Å². The fourth-order valence-corrected chi connectivity index (χ4v) is 2.90. The molecule has 3 nitrogen and oxygen atoms in total. The van der Waals surface area contributed by atoms with Crippen molar-refractivity contribution < 1.29 is 4.42 Å². The molecule has 0 radical (unpaired) electrons. The monoisotopic (exact) mass is 280 g/mol. The summed E-state index contributed by atoms with van der Waals surface area (Å²) < 4.78 is 5.63. The van der Waals surface area contributed by atoms with Gasteiger partial charge in [-0.2, -0.15) is 0 Å². The number of nitrogens with two attached hydrogens (primary N) is 1. The SMILES string of the molecule is Cc1cccc(C)c1CC(NN)c1coc2ccccc12. The zero-order valence-corrected chi connectivity index (χ0v) is 12.4. The third-order valence-corrected chi connectivity index (χ3v) is 4.14. The van der Waals surface area contributed by atoms with Crippen molar-refractivity contribution in [1.29, 1.82) is 0 Å². The van der Waals surface area contributed by atoms with E-state index in [0.717, 1.165) is 23.0 Å². The van der Waals surface area contributed by atoms with Crippen LogP contribution in [0, 0.1) is 13.8 Å². The van der Waals surface area contributed by atoms with Gasteiger partial charge >= 0.3 is 0 Å². The van der Waals surface area contributed by atoms with Crippen LogP contribution < -0.4 is 11.3 Å². The van der Waals surface area contributed by atoms with E-state index in [9.17, 15) is 0 Å². The Hall–Kier alpha value is -2.10. The Bertz CT molecular complexity index is 741. The topological polar surface area (TPSA) is 51.2 Å².